The molecule has 0 aliphatic carbocycles. The summed E-state index contributed by atoms with van der Waals surface area (Å²) in [7, 11) is 1.39. The van der Waals surface area contributed by atoms with Gasteiger partial charge in [-0.2, -0.15) is 0 Å². The summed E-state index contributed by atoms with van der Waals surface area (Å²) in [6.45, 7) is 0. The van der Waals surface area contributed by atoms with Crippen LogP contribution >= 0.6 is 11.3 Å². The molecule has 0 aliphatic rings. The summed E-state index contributed by atoms with van der Waals surface area (Å²) in [6.07, 6.45) is 0. The molecule has 1 heterocycles. The standard InChI is InChI=1S/C10H8F2N4OS/c1-13-8-6(11)2-5(3-7(8)12)9(17)15-10-16-14-4-18-10/h2-4,13H,1H3,(H,15,16,17). The molecular formula is C10H8F2N4OS. The molecule has 0 saturated carbocycles. The van der Waals surface area contributed by atoms with Crippen LogP contribution in [0.3, 0.4) is 0 Å². The van der Waals surface area contributed by atoms with E-state index in [4.69, 9.17) is 0 Å². The minimum absolute atomic E-state index is 0.126. The lowest BCUT2D eigenvalue weighted by Gasteiger charge is -2.06. The second-order valence-corrected chi connectivity index (χ2v) is 4.10. The Balaban J connectivity index is 2.26. The minimum atomic E-state index is -0.833. The van der Waals surface area contributed by atoms with E-state index in [9.17, 15) is 13.6 Å². The van der Waals surface area contributed by atoms with Crippen molar-refractivity contribution < 1.29 is 13.6 Å². The number of halogens is 2. The van der Waals surface area contributed by atoms with E-state index in [1.165, 1.54) is 12.6 Å². The van der Waals surface area contributed by atoms with Gasteiger partial charge in [0, 0.05) is 12.6 Å². The molecule has 0 unspecified atom stereocenters. The van der Waals surface area contributed by atoms with Gasteiger partial charge < -0.3 is 5.32 Å². The summed E-state index contributed by atoms with van der Waals surface area (Å²) >= 11 is 1.11. The molecule has 5 nitrogen and oxygen atoms in total. The van der Waals surface area contributed by atoms with Crippen LogP contribution in [0.1, 0.15) is 10.4 Å². The molecule has 1 aromatic carbocycles. The van der Waals surface area contributed by atoms with Gasteiger partial charge >= 0.3 is 0 Å². The molecule has 94 valence electrons. The first-order valence-corrected chi connectivity index (χ1v) is 5.74. The van der Waals surface area contributed by atoms with Gasteiger partial charge in [-0.05, 0) is 12.1 Å². The molecule has 0 atom stereocenters. The number of anilines is 2. The van der Waals surface area contributed by atoms with Crippen molar-refractivity contribution in [3.63, 3.8) is 0 Å². The molecular weight excluding hydrogens is 262 g/mol. The molecule has 1 aromatic heterocycles. The van der Waals surface area contributed by atoms with Crippen molar-refractivity contribution in [2.75, 3.05) is 17.7 Å². The van der Waals surface area contributed by atoms with E-state index in [0.717, 1.165) is 23.5 Å². The zero-order chi connectivity index (χ0) is 13.1. The van der Waals surface area contributed by atoms with Gasteiger partial charge in [0.15, 0.2) is 0 Å². The Kier molecular flexibility index (Phi) is 3.47. The van der Waals surface area contributed by atoms with Gasteiger partial charge in [0.2, 0.25) is 5.13 Å². The highest BCUT2D eigenvalue weighted by atomic mass is 32.1. The van der Waals surface area contributed by atoms with E-state index in [0.29, 0.717) is 0 Å². The van der Waals surface area contributed by atoms with Crippen molar-refractivity contribution in [1.82, 2.24) is 10.2 Å². The maximum Gasteiger partial charge on any atom is 0.257 e. The lowest BCUT2D eigenvalue weighted by Crippen LogP contribution is -2.13. The summed E-state index contributed by atoms with van der Waals surface area (Å²) in [5, 5.41) is 12.1. The van der Waals surface area contributed by atoms with Crippen molar-refractivity contribution in [2.45, 2.75) is 0 Å². The summed E-state index contributed by atoms with van der Waals surface area (Å²) < 4.78 is 26.9. The van der Waals surface area contributed by atoms with Gasteiger partial charge in [-0.3, -0.25) is 10.1 Å². The third-order valence-electron chi connectivity index (χ3n) is 2.13. The molecule has 1 amide bonds. The highest BCUT2D eigenvalue weighted by Crippen LogP contribution is 2.21. The second-order valence-electron chi connectivity index (χ2n) is 3.26. The Hall–Kier alpha value is -2.09. The van der Waals surface area contributed by atoms with Gasteiger partial charge in [0.05, 0.1) is 0 Å². The summed E-state index contributed by atoms with van der Waals surface area (Å²) in [6, 6.07) is 1.90. The molecule has 2 rings (SSSR count). The van der Waals surface area contributed by atoms with E-state index in [1.54, 1.807) is 0 Å². The van der Waals surface area contributed by atoms with Gasteiger partial charge in [0.1, 0.15) is 22.8 Å². The topological polar surface area (TPSA) is 66.9 Å². The molecule has 8 heteroatoms. The molecule has 0 bridgehead atoms. The van der Waals surface area contributed by atoms with E-state index >= 15 is 0 Å². The summed E-state index contributed by atoms with van der Waals surface area (Å²) in [5.41, 5.74) is 1.03. The normalized spacial score (nSPS) is 10.2. The summed E-state index contributed by atoms with van der Waals surface area (Å²) in [4.78, 5) is 11.7. The third kappa shape index (κ3) is 2.43. The first kappa shape index (κ1) is 12.4. The number of benzene rings is 1. The fraction of sp³-hybridized carbons (Fsp3) is 0.100. The lowest BCUT2D eigenvalue weighted by molar-refractivity contribution is 0.102. The Labute approximate surface area is 105 Å². The predicted molar refractivity (Wildman–Crippen MR) is 63.8 cm³/mol. The smallest absolute Gasteiger partial charge is 0.257 e. The minimum Gasteiger partial charge on any atom is -0.383 e. The molecule has 0 aliphatic heterocycles. The van der Waals surface area contributed by atoms with Crippen LogP contribution in [0.5, 0.6) is 0 Å². The van der Waals surface area contributed by atoms with Gasteiger partial charge in [-0.25, -0.2) is 8.78 Å². The highest BCUT2D eigenvalue weighted by molar-refractivity contribution is 7.13. The van der Waals surface area contributed by atoms with Crippen LogP contribution in [0.2, 0.25) is 0 Å². The number of carbonyl (C=O) groups is 1. The number of aromatic nitrogens is 2. The van der Waals surface area contributed by atoms with Crippen molar-refractivity contribution >= 4 is 28.1 Å². The molecule has 0 fully saturated rings. The van der Waals surface area contributed by atoms with Gasteiger partial charge in [0.25, 0.3) is 5.91 Å². The fourth-order valence-electron chi connectivity index (χ4n) is 1.34. The number of hydrogen-bond donors (Lipinski definition) is 2. The maximum atomic E-state index is 13.4. The number of hydrogen-bond acceptors (Lipinski definition) is 5. The van der Waals surface area contributed by atoms with Crippen LogP contribution in [-0.4, -0.2) is 23.2 Å². The highest BCUT2D eigenvalue weighted by Gasteiger charge is 2.15. The number of amides is 1. The first-order chi connectivity index (χ1) is 8.61. The van der Waals surface area contributed by atoms with Crippen molar-refractivity contribution in [1.29, 1.82) is 0 Å². The summed E-state index contributed by atoms with van der Waals surface area (Å²) in [5.74, 6) is -2.31. The Bertz CT molecular complexity index is 550. The molecule has 2 aromatic rings. The molecule has 2 N–H and O–H groups in total. The second kappa shape index (κ2) is 5.05. The van der Waals surface area contributed by atoms with E-state index in [2.05, 4.69) is 20.8 Å². The Morgan fingerprint density at radius 2 is 2.00 bits per heavy atom. The number of rotatable bonds is 3. The van der Waals surface area contributed by atoms with Crippen molar-refractivity contribution in [2.24, 2.45) is 0 Å². The van der Waals surface area contributed by atoms with Crippen LogP contribution in [0, 0.1) is 11.6 Å². The quantitative estimate of drug-likeness (QED) is 0.896. The zero-order valence-corrected chi connectivity index (χ0v) is 10.0. The van der Waals surface area contributed by atoms with Crippen LogP contribution in [0.25, 0.3) is 0 Å². The predicted octanol–water partition coefficient (Wildman–Crippen LogP) is 2.11. The first-order valence-electron chi connectivity index (χ1n) is 4.86. The largest absolute Gasteiger partial charge is 0.383 e. The lowest BCUT2D eigenvalue weighted by atomic mass is 10.1. The van der Waals surface area contributed by atoms with Gasteiger partial charge in [-0.1, -0.05) is 11.3 Å². The number of nitrogens with one attached hydrogen (secondary N) is 2. The molecule has 18 heavy (non-hydrogen) atoms. The van der Waals surface area contributed by atoms with E-state index in [-0.39, 0.29) is 16.4 Å². The monoisotopic (exact) mass is 270 g/mol. The molecule has 0 spiro atoms. The SMILES string of the molecule is CNc1c(F)cc(C(=O)Nc2nncs2)cc1F. The van der Waals surface area contributed by atoms with Crippen LogP contribution in [-0.2, 0) is 0 Å². The van der Waals surface area contributed by atoms with Gasteiger partial charge in [-0.15, -0.1) is 10.2 Å². The van der Waals surface area contributed by atoms with Crippen molar-refractivity contribution in [3.8, 4) is 0 Å². The van der Waals surface area contributed by atoms with Crippen LogP contribution in [0.4, 0.5) is 19.6 Å². The molecule has 0 radical (unpaired) electrons. The fourth-order valence-corrected chi connectivity index (χ4v) is 1.78. The number of carbonyl (C=O) groups excluding carboxylic acids is 1. The van der Waals surface area contributed by atoms with Crippen LogP contribution in [0.15, 0.2) is 17.6 Å². The number of nitrogens with zero attached hydrogens (tertiary/aromatic N) is 2. The van der Waals surface area contributed by atoms with E-state index < -0.39 is 17.5 Å². The Morgan fingerprint density at radius 1 is 1.33 bits per heavy atom. The average molecular weight is 270 g/mol. The Morgan fingerprint density at radius 3 is 2.50 bits per heavy atom. The third-order valence-corrected chi connectivity index (χ3v) is 2.74. The average Bonchev–Trinajstić information content (AvgIpc) is 2.81. The van der Waals surface area contributed by atoms with E-state index in [1.807, 2.05) is 0 Å². The van der Waals surface area contributed by atoms with Crippen LogP contribution < -0.4 is 10.6 Å². The van der Waals surface area contributed by atoms with Crippen molar-refractivity contribution in [3.05, 3.63) is 34.8 Å². The zero-order valence-electron chi connectivity index (χ0n) is 9.20. The maximum absolute atomic E-state index is 13.4. The molecule has 0 saturated heterocycles.